The molecular weight excluding hydrogens is 416 g/mol. The molecule has 4 rings (SSSR count). The van der Waals surface area contributed by atoms with Crippen LogP contribution in [-0.4, -0.2) is 25.3 Å². The SMILES string of the molecule is Cc1ccc(Oc2cccc(COc3ccccc3CCC(=O)OC3CCCOC3)c2)cc1. The van der Waals surface area contributed by atoms with Crippen LogP contribution in [-0.2, 0) is 27.3 Å². The third-order valence-electron chi connectivity index (χ3n) is 5.54. The van der Waals surface area contributed by atoms with Crippen molar-refractivity contribution in [1.29, 1.82) is 0 Å². The molecule has 3 aromatic carbocycles. The maximum atomic E-state index is 12.2. The van der Waals surface area contributed by atoms with E-state index in [9.17, 15) is 4.79 Å². The van der Waals surface area contributed by atoms with E-state index in [1.165, 1.54) is 5.56 Å². The van der Waals surface area contributed by atoms with Gasteiger partial charge in [0.1, 0.15) is 30.0 Å². The molecule has 0 saturated carbocycles. The van der Waals surface area contributed by atoms with Crippen molar-refractivity contribution in [3.05, 3.63) is 89.5 Å². The molecule has 1 aliphatic rings. The first-order valence-electron chi connectivity index (χ1n) is 11.5. The Labute approximate surface area is 195 Å². The second kappa shape index (κ2) is 11.5. The summed E-state index contributed by atoms with van der Waals surface area (Å²) in [5.74, 6) is 2.15. The molecule has 0 aliphatic carbocycles. The first-order valence-corrected chi connectivity index (χ1v) is 11.5. The van der Waals surface area contributed by atoms with Crippen LogP contribution < -0.4 is 9.47 Å². The van der Waals surface area contributed by atoms with Gasteiger partial charge < -0.3 is 18.9 Å². The van der Waals surface area contributed by atoms with E-state index in [0.717, 1.165) is 47.8 Å². The van der Waals surface area contributed by atoms with Crippen LogP contribution in [0.25, 0.3) is 0 Å². The zero-order valence-electron chi connectivity index (χ0n) is 19.0. The zero-order chi connectivity index (χ0) is 22.9. The Bertz CT molecular complexity index is 1040. The Kier molecular flexibility index (Phi) is 7.99. The molecule has 1 saturated heterocycles. The average Bonchev–Trinajstić information content (AvgIpc) is 2.84. The fourth-order valence-corrected chi connectivity index (χ4v) is 3.74. The van der Waals surface area contributed by atoms with E-state index < -0.39 is 0 Å². The molecule has 0 aromatic heterocycles. The summed E-state index contributed by atoms with van der Waals surface area (Å²) in [6, 6.07) is 23.7. The predicted molar refractivity (Wildman–Crippen MR) is 127 cm³/mol. The van der Waals surface area contributed by atoms with Gasteiger partial charge in [0.2, 0.25) is 0 Å². The third-order valence-corrected chi connectivity index (χ3v) is 5.54. The van der Waals surface area contributed by atoms with Crippen molar-refractivity contribution < 1.29 is 23.7 Å². The summed E-state index contributed by atoms with van der Waals surface area (Å²) in [5.41, 5.74) is 3.19. The number of hydrogen-bond acceptors (Lipinski definition) is 5. The van der Waals surface area contributed by atoms with Crippen molar-refractivity contribution in [2.24, 2.45) is 0 Å². The summed E-state index contributed by atoms with van der Waals surface area (Å²) in [5, 5.41) is 0. The maximum absolute atomic E-state index is 12.2. The Morgan fingerprint density at radius 1 is 1.00 bits per heavy atom. The summed E-state index contributed by atoms with van der Waals surface area (Å²) >= 11 is 0. The lowest BCUT2D eigenvalue weighted by Gasteiger charge is -2.22. The number of aryl methyl sites for hydroxylation is 2. The quantitative estimate of drug-likeness (QED) is 0.376. The number of carbonyl (C=O) groups is 1. The van der Waals surface area contributed by atoms with E-state index in [2.05, 4.69) is 0 Å². The molecule has 172 valence electrons. The fourth-order valence-electron chi connectivity index (χ4n) is 3.74. The van der Waals surface area contributed by atoms with Gasteiger partial charge in [-0.05, 0) is 67.6 Å². The lowest BCUT2D eigenvalue weighted by molar-refractivity contribution is -0.155. The second-order valence-electron chi connectivity index (χ2n) is 8.29. The number of benzene rings is 3. The van der Waals surface area contributed by atoms with Gasteiger partial charge in [-0.1, -0.05) is 48.0 Å². The molecule has 33 heavy (non-hydrogen) atoms. The van der Waals surface area contributed by atoms with E-state index in [1.54, 1.807) is 0 Å². The van der Waals surface area contributed by atoms with Crippen LogP contribution in [0, 0.1) is 6.92 Å². The Morgan fingerprint density at radius 2 is 1.85 bits per heavy atom. The highest BCUT2D eigenvalue weighted by molar-refractivity contribution is 5.70. The topological polar surface area (TPSA) is 54.0 Å². The van der Waals surface area contributed by atoms with Gasteiger partial charge in [0.05, 0.1) is 6.61 Å². The van der Waals surface area contributed by atoms with Crippen LogP contribution in [0.15, 0.2) is 72.8 Å². The Hall–Kier alpha value is -3.31. The number of ether oxygens (including phenoxy) is 4. The van der Waals surface area contributed by atoms with Gasteiger partial charge in [-0.25, -0.2) is 0 Å². The molecule has 0 radical (unpaired) electrons. The molecule has 0 N–H and O–H groups in total. The van der Waals surface area contributed by atoms with Gasteiger partial charge >= 0.3 is 5.97 Å². The minimum atomic E-state index is -0.193. The zero-order valence-corrected chi connectivity index (χ0v) is 19.0. The third kappa shape index (κ3) is 7.09. The van der Waals surface area contributed by atoms with Crippen molar-refractivity contribution in [2.75, 3.05) is 13.2 Å². The Morgan fingerprint density at radius 3 is 2.67 bits per heavy atom. The van der Waals surface area contributed by atoms with E-state index in [-0.39, 0.29) is 12.1 Å². The van der Waals surface area contributed by atoms with Crippen LogP contribution in [0.3, 0.4) is 0 Å². The van der Waals surface area contributed by atoms with Gasteiger partial charge in [0.15, 0.2) is 0 Å². The van der Waals surface area contributed by atoms with Gasteiger partial charge in [0.25, 0.3) is 0 Å². The number of carbonyl (C=O) groups excluding carboxylic acids is 1. The van der Waals surface area contributed by atoms with Crippen LogP contribution in [0.2, 0.25) is 0 Å². The summed E-state index contributed by atoms with van der Waals surface area (Å²) in [6.45, 7) is 3.71. The summed E-state index contributed by atoms with van der Waals surface area (Å²) in [6.07, 6.45) is 2.58. The molecule has 1 atom stereocenters. The number of esters is 1. The molecule has 5 nitrogen and oxygen atoms in total. The average molecular weight is 447 g/mol. The number of para-hydroxylation sites is 1. The van der Waals surface area contributed by atoms with Crippen LogP contribution in [0.4, 0.5) is 0 Å². The number of rotatable bonds is 9. The first kappa shape index (κ1) is 22.9. The van der Waals surface area contributed by atoms with Gasteiger partial charge in [-0.15, -0.1) is 0 Å². The van der Waals surface area contributed by atoms with E-state index >= 15 is 0 Å². The molecule has 1 unspecified atom stereocenters. The fraction of sp³-hybridized carbons (Fsp3) is 0.321. The Balaban J connectivity index is 1.31. The molecule has 1 aliphatic heterocycles. The number of hydrogen-bond donors (Lipinski definition) is 0. The second-order valence-corrected chi connectivity index (χ2v) is 8.29. The lowest BCUT2D eigenvalue weighted by Crippen LogP contribution is -2.28. The summed E-state index contributed by atoms with van der Waals surface area (Å²) in [7, 11) is 0. The molecule has 0 bridgehead atoms. The highest BCUT2D eigenvalue weighted by atomic mass is 16.6. The molecular formula is C28H30O5. The van der Waals surface area contributed by atoms with Crippen molar-refractivity contribution in [1.82, 2.24) is 0 Å². The first-order chi connectivity index (χ1) is 16.2. The van der Waals surface area contributed by atoms with Crippen LogP contribution in [0.1, 0.15) is 36.0 Å². The van der Waals surface area contributed by atoms with Crippen molar-refractivity contribution >= 4 is 5.97 Å². The highest BCUT2D eigenvalue weighted by Gasteiger charge is 2.18. The highest BCUT2D eigenvalue weighted by Crippen LogP contribution is 2.25. The lowest BCUT2D eigenvalue weighted by atomic mass is 10.1. The molecule has 0 spiro atoms. The van der Waals surface area contributed by atoms with E-state index in [0.29, 0.717) is 26.1 Å². The normalized spacial score (nSPS) is 15.6. The van der Waals surface area contributed by atoms with Crippen molar-refractivity contribution in [3.63, 3.8) is 0 Å². The van der Waals surface area contributed by atoms with Gasteiger partial charge in [-0.3, -0.25) is 4.79 Å². The molecule has 1 heterocycles. The molecule has 0 amide bonds. The van der Waals surface area contributed by atoms with E-state index in [4.69, 9.17) is 18.9 Å². The van der Waals surface area contributed by atoms with E-state index in [1.807, 2.05) is 79.7 Å². The maximum Gasteiger partial charge on any atom is 0.306 e. The molecule has 1 fully saturated rings. The smallest absolute Gasteiger partial charge is 0.306 e. The summed E-state index contributed by atoms with van der Waals surface area (Å²) < 4.78 is 23.0. The van der Waals surface area contributed by atoms with Gasteiger partial charge in [-0.2, -0.15) is 0 Å². The van der Waals surface area contributed by atoms with Crippen LogP contribution >= 0.6 is 0 Å². The standard InChI is InChI=1S/C28H30O5/c1-21-11-14-24(15-12-21)32-25-8-4-6-22(18-25)19-31-27-10-3-2-7-23(27)13-16-28(29)33-26-9-5-17-30-20-26/h2-4,6-8,10-12,14-15,18,26H,5,9,13,16-17,19-20H2,1H3. The van der Waals surface area contributed by atoms with Crippen LogP contribution in [0.5, 0.6) is 17.2 Å². The predicted octanol–water partition coefficient (Wildman–Crippen LogP) is 6.02. The van der Waals surface area contributed by atoms with Gasteiger partial charge in [0, 0.05) is 13.0 Å². The molecule has 3 aromatic rings. The minimum absolute atomic E-state index is 0.118. The molecule has 5 heteroatoms. The summed E-state index contributed by atoms with van der Waals surface area (Å²) in [4.78, 5) is 12.2. The minimum Gasteiger partial charge on any atom is -0.489 e. The largest absolute Gasteiger partial charge is 0.489 e. The van der Waals surface area contributed by atoms with Crippen molar-refractivity contribution in [3.8, 4) is 17.2 Å². The monoisotopic (exact) mass is 446 g/mol. The van der Waals surface area contributed by atoms with Crippen molar-refractivity contribution in [2.45, 2.75) is 45.3 Å².